The van der Waals surface area contributed by atoms with E-state index < -0.39 is 5.60 Å². The van der Waals surface area contributed by atoms with Crippen LogP contribution < -0.4 is 5.73 Å². The summed E-state index contributed by atoms with van der Waals surface area (Å²) in [6, 6.07) is 0.136. The van der Waals surface area contributed by atoms with Gasteiger partial charge in [0.2, 0.25) is 0 Å². The number of hydrogen-bond donors (Lipinski definition) is 2. The van der Waals surface area contributed by atoms with Crippen LogP contribution in [0.1, 0.15) is 25.0 Å². The van der Waals surface area contributed by atoms with E-state index in [9.17, 15) is 5.11 Å². The van der Waals surface area contributed by atoms with E-state index in [1.165, 1.54) is 0 Å². The van der Waals surface area contributed by atoms with Crippen LogP contribution in [-0.4, -0.2) is 31.7 Å². The second-order valence-corrected chi connectivity index (χ2v) is 4.29. The third-order valence-corrected chi connectivity index (χ3v) is 2.78. The molecule has 0 aliphatic heterocycles. The smallest absolute Gasteiger partial charge is 0.0855 e. The summed E-state index contributed by atoms with van der Waals surface area (Å²) >= 11 is 0. The lowest BCUT2D eigenvalue weighted by atomic mass is 9.96. The second-order valence-electron chi connectivity index (χ2n) is 4.29. The number of nitrogens with two attached hydrogens (primary N) is 1. The molecule has 0 amide bonds. The van der Waals surface area contributed by atoms with Crippen LogP contribution in [0.3, 0.4) is 0 Å². The Balaban J connectivity index is 2.03. The molecule has 2 unspecified atom stereocenters. The Kier molecular flexibility index (Phi) is 2.28. The number of nitrogens with zero attached hydrogens (tertiary/aromatic N) is 3. The van der Waals surface area contributed by atoms with Gasteiger partial charge in [0.1, 0.15) is 0 Å². The van der Waals surface area contributed by atoms with E-state index in [2.05, 4.69) is 10.3 Å². The van der Waals surface area contributed by atoms with Gasteiger partial charge < -0.3 is 10.8 Å². The minimum absolute atomic E-state index is 0.136. The van der Waals surface area contributed by atoms with Gasteiger partial charge >= 0.3 is 0 Å². The summed E-state index contributed by atoms with van der Waals surface area (Å²) in [4.78, 5) is 0. The zero-order chi connectivity index (χ0) is 10.2. The van der Waals surface area contributed by atoms with Crippen molar-refractivity contribution in [3.63, 3.8) is 0 Å². The van der Waals surface area contributed by atoms with Crippen molar-refractivity contribution >= 4 is 0 Å². The molecule has 0 saturated heterocycles. The first-order valence-corrected chi connectivity index (χ1v) is 4.91. The molecule has 3 N–H and O–H groups in total. The number of aryl methyl sites for hydroxylation is 1. The van der Waals surface area contributed by atoms with Gasteiger partial charge in [-0.25, -0.2) is 0 Å². The minimum Gasteiger partial charge on any atom is -0.389 e. The number of hydrogen-bond acceptors (Lipinski definition) is 4. The van der Waals surface area contributed by atoms with Gasteiger partial charge in [-0.15, -0.1) is 5.10 Å². The van der Waals surface area contributed by atoms with Crippen molar-refractivity contribution < 1.29 is 5.11 Å². The quantitative estimate of drug-likeness (QED) is 0.674. The molecule has 0 aromatic carbocycles. The first-order valence-electron chi connectivity index (χ1n) is 4.91. The van der Waals surface area contributed by atoms with Gasteiger partial charge in [-0.1, -0.05) is 5.21 Å². The zero-order valence-corrected chi connectivity index (χ0v) is 8.35. The highest BCUT2D eigenvalue weighted by Gasteiger charge is 2.36. The standard InChI is InChI=1S/C9H16N4O/c1-13-6-8(11-12-13)5-9(14)3-2-7(10)4-9/h6-7,14H,2-5,10H2,1H3. The third kappa shape index (κ3) is 1.93. The lowest BCUT2D eigenvalue weighted by Crippen LogP contribution is -2.30. The summed E-state index contributed by atoms with van der Waals surface area (Å²) in [5.74, 6) is 0. The lowest BCUT2D eigenvalue weighted by Gasteiger charge is -2.20. The second kappa shape index (κ2) is 3.33. The Morgan fingerprint density at radius 3 is 3.07 bits per heavy atom. The highest BCUT2D eigenvalue weighted by Crippen LogP contribution is 2.31. The average Bonchev–Trinajstić information content (AvgIpc) is 2.60. The fourth-order valence-corrected chi connectivity index (χ4v) is 2.12. The van der Waals surface area contributed by atoms with Crippen LogP contribution in [0.25, 0.3) is 0 Å². The first kappa shape index (κ1) is 9.61. The molecule has 1 aromatic heterocycles. The van der Waals surface area contributed by atoms with Crippen molar-refractivity contribution in [2.24, 2.45) is 12.8 Å². The highest BCUT2D eigenvalue weighted by molar-refractivity contribution is 5.03. The van der Waals surface area contributed by atoms with Gasteiger partial charge in [0.05, 0.1) is 11.3 Å². The molecule has 14 heavy (non-hydrogen) atoms. The van der Waals surface area contributed by atoms with Gasteiger partial charge in [0.25, 0.3) is 0 Å². The Hall–Kier alpha value is -0.940. The summed E-state index contributed by atoms with van der Waals surface area (Å²) in [6.45, 7) is 0. The Morgan fingerprint density at radius 2 is 2.57 bits per heavy atom. The van der Waals surface area contributed by atoms with E-state index in [-0.39, 0.29) is 6.04 Å². The van der Waals surface area contributed by atoms with Crippen molar-refractivity contribution in [3.05, 3.63) is 11.9 Å². The summed E-state index contributed by atoms with van der Waals surface area (Å²) in [6.07, 6.45) is 4.74. The Bertz CT molecular complexity index is 324. The van der Waals surface area contributed by atoms with Crippen molar-refractivity contribution in [3.8, 4) is 0 Å². The van der Waals surface area contributed by atoms with E-state index in [0.29, 0.717) is 12.8 Å². The van der Waals surface area contributed by atoms with E-state index in [0.717, 1.165) is 18.5 Å². The molecule has 0 radical (unpaired) electrons. The molecule has 1 aliphatic rings. The summed E-state index contributed by atoms with van der Waals surface area (Å²) in [7, 11) is 1.82. The highest BCUT2D eigenvalue weighted by atomic mass is 16.3. The van der Waals surface area contributed by atoms with Crippen LogP contribution in [0, 0.1) is 0 Å². The molecule has 78 valence electrons. The maximum atomic E-state index is 10.2. The first-order chi connectivity index (χ1) is 6.57. The van der Waals surface area contributed by atoms with E-state index in [1.54, 1.807) is 4.68 Å². The molecule has 5 nitrogen and oxygen atoms in total. The largest absolute Gasteiger partial charge is 0.389 e. The molecule has 1 aliphatic carbocycles. The minimum atomic E-state index is -0.657. The van der Waals surface area contributed by atoms with Crippen LogP contribution in [0.5, 0.6) is 0 Å². The molecule has 5 heteroatoms. The predicted molar refractivity (Wildman–Crippen MR) is 51.5 cm³/mol. The molecular weight excluding hydrogens is 180 g/mol. The summed E-state index contributed by atoms with van der Waals surface area (Å²) in [5.41, 5.74) is 5.95. The summed E-state index contributed by atoms with van der Waals surface area (Å²) in [5, 5.41) is 18.0. The van der Waals surface area contributed by atoms with Crippen molar-refractivity contribution in [1.82, 2.24) is 15.0 Å². The zero-order valence-electron chi connectivity index (χ0n) is 8.35. The van der Waals surface area contributed by atoms with E-state index in [4.69, 9.17) is 5.73 Å². The van der Waals surface area contributed by atoms with Gasteiger partial charge in [-0.3, -0.25) is 4.68 Å². The molecule has 2 rings (SSSR count). The molecule has 2 atom stereocenters. The lowest BCUT2D eigenvalue weighted by molar-refractivity contribution is 0.0459. The SMILES string of the molecule is Cn1cc(CC2(O)CCC(N)C2)nn1. The van der Waals surface area contributed by atoms with E-state index >= 15 is 0 Å². The molecule has 0 spiro atoms. The average molecular weight is 196 g/mol. The maximum Gasteiger partial charge on any atom is 0.0855 e. The molecule has 1 saturated carbocycles. The van der Waals surface area contributed by atoms with Crippen LogP contribution in [0.15, 0.2) is 6.20 Å². The molecule has 1 heterocycles. The normalized spacial score (nSPS) is 32.4. The summed E-state index contributed by atoms with van der Waals surface area (Å²) < 4.78 is 1.65. The van der Waals surface area contributed by atoms with Crippen molar-refractivity contribution in [1.29, 1.82) is 0 Å². The van der Waals surface area contributed by atoms with E-state index in [1.807, 2.05) is 13.2 Å². The van der Waals surface area contributed by atoms with Crippen LogP contribution >= 0.6 is 0 Å². The van der Waals surface area contributed by atoms with Crippen LogP contribution in [-0.2, 0) is 13.5 Å². The maximum absolute atomic E-state index is 10.2. The predicted octanol–water partition coefficient (Wildman–Crippen LogP) is -0.400. The fraction of sp³-hybridized carbons (Fsp3) is 0.778. The number of aromatic nitrogens is 3. The molecule has 0 bridgehead atoms. The Labute approximate surface area is 82.9 Å². The molecular formula is C9H16N4O. The van der Waals surface area contributed by atoms with Crippen LogP contribution in [0.2, 0.25) is 0 Å². The van der Waals surface area contributed by atoms with Crippen molar-refractivity contribution in [2.75, 3.05) is 0 Å². The number of rotatable bonds is 2. The van der Waals surface area contributed by atoms with Gasteiger partial charge in [0, 0.05) is 25.7 Å². The van der Waals surface area contributed by atoms with Gasteiger partial charge in [-0.2, -0.15) is 0 Å². The van der Waals surface area contributed by atoms with Crippen LogP contribution in [0.4, 0.5) is 0 Å². The van der Waals surface area contributed by atoms with Gasteiger partial charge in [0.15, 0.2) is 0 Å². The molecule has 1 fully saturated rings. The van der Waals surface area contributed by atoms with Crippen molar-refractivity contribution in [2.45, 2.75) is 37.3 Å². The number of aliphatic hydroxyl groups is 1. The Morgan fingerprint density at radius 1 is 1.79 bits per heavy atom. The topological polar surface area (TPSA) is 77.0 Å². The van der Waals surface area contributed by atoms with Gasteiger partial charge in [-0.05, 0) is 19.3 Å². The molecule has 1 aromatic rings. The third-order valence-electron chi connectivity index (χ3n) is 2.78. The monoisotopic (exact) mass is 196 g/mol. The fourth-order valence-electron chi connectivity index (χ4n) is 2.12.